The molecule has 1 aromatic carbocycles. The molecule has 0 aliphatic rings. The van der Waals surface area contributed by atoms with Crippen LogP contribution in [0.1, 0.15) is 10.9 Å². The summed E-state index contributed by atoms with van der Waals surface area (Å²) in [6, 6.07) is 9.58. The summed E-state index contributed by atoms with van der Waals surface area (Å²) >= 11 is 1.57. The molecule has 2 rings (SSSR count). The molecule has 0 saturated heterocycles. The van der Waals surface area contributed by atoms with E-state index in [9.17, 15) is 0 Å². The molecular weight excluding hydrogens is 198 g/mol. The van der Waals surface area contributed by atoms with Gasteiger partial charge in [-0.2, -0.15) is 5.48 Å². The van der Waals surface area contributed by atoms with E-state index < -0.39 is 0 Å². The SMILES string of the molecule is OCC(NO)c1cc2ccccc2s1. The number of hydroxylamine groups is 1. The minimum Gasteiger partial charge on any atom is -0.394 e. The molecular formula is C10H11NO2S. The molecule has 1 atom stereocenters. The van der Waals surface area contributed by atoms with Crippen molar-refractivity contribution in [3.8, 4) is 0 Å². The van der Waals surface area contributed by atoms with Gasteiger partial charge in [-0.25, -0.2) is 0 Å². The second-order valence-electron chi connectivity index (χ2n) is 3.05. The molecule has 1 unspecified atom stereocenters. The van der Waals surface area contributed by atoms with E-state index in [0.29, 0.717) is 0 Å². The quantitative estimate of drug-likeness (QED) is 0.677. The predicted octanol–water partition coefficient (Wildman–Crippen LogP) is 1.91. The zero-order valence-electron chi connectivity index (χ0n) is 7.47. The second kappa shape index (κ2) is 4.06. The first-order valence-electron chi connectivity index (χ1n) is 4.34. The normalized spacial score (nSPS) is 13.3. The Hall–Kier alpha value is -0.940. The first-order valence-corrected chi connectivity index (χ1v) is 5.15. The highest BCUT2D eigenvalue weighted by molar-refractivity contribution is 7.19. The fourth-order valence-electron chi connectivity index (χ4n) is 1.37. The summed E-state index contributed by atoms with van der Waals surface area (Å²) in [5, 5.41) is 18.9. The van der Waals surface area contributed by atoms with E-state index >= 15 is 0 Å². The van der Waals surface area contributed by atoms with E-state index in [2.05, 4.69) is 5.48 Å². The zero-order valence-corrected chi connectivity index (χ0v) is 8.29. The van der Waals surface area contributed by atoms with E-state index in [-0.39, 0.29) is 12.6 Å². The summed E-state index contributed by atoms with van der Waals surface area (Å²) in [5.41, 5.74) is 2.09. The van der Waals surface area contributed by atoms with Gasteiger partial charge in [-0.3, -0.25) is 0 Å². The van der Waals surface area contributed by atoms with Gasteiger partial charge in [0.2, 0.25) is 0 Å². The number of benzene rings is 1. The van der Waals surface area contributed by atoms with Gasteiger partial charge in [-0.05, 0) is 17.5 Å². The van der Waals surface area contributed by atoms with Gasteiger partial charge in [0, 0.05) is 9.58 Å². The van der Waals surface area contributed by atoms with E-state index in [4.69, 9.17) is 10.3 Å². The fourth-order valence-corrected chi connectivity index (χ4v) is 2.47. The van der Waals surface area contributed by atoms with Gasteiger partial charge < -0.3 is 10.3 Å². The van der Waals surface area contributed by atoms with E-state index in [1.165, 1.54) is 0 Å². The van der Waals surface area contributed by atoms with Crippen LogP contribution in [0.15, 0.2) is 30.3 Å². The molecule has 0 aliphatic heterocycles. The lowest BCUT2D eigenvalue weighted by Gasteiger charge is -2.07. The van der Waals surface area contributed by atoms with Crippen molar-refractivity contribution < 1.29 is 10.3 Å². The molecule has 0 aliphatic carbocycles. The molecule has 2 aromatic rings. The lowest BCUT2D eigenvalue weighted by atomic mass is 10.2. The molecule has 0 fully saturated rings. The summed E-state index contributed by atoms with van der Waals surface area (Å²) in [4.78, 5) is 0.941. The molecule has 74 valence electrons. The molecule has 14 heavy (non-hydrogen) atoms. The van der Waals surface area contributed by atoms with Gasteiger partial charge in [0.1, 0.15) is 0 Å². The van der Waals surface area contributed by atoms with Crippen LogP contribution >= 0.6 is 11.3 Å². The summed E-state index contributed by atoms with van der Waals surface area (Å²) in [6.45, 7) is -0.108. The molecule has 0 amide bonds. The molecule has 0 spiro atoms. The van der Waals surface area contributed by atoms with Crippen LogP contribution < -0.4 is 5.48 Å². The van der Waals surface area contributed by atoms with Crippen molar-refractivity contribution in [2.24, 2.45) is 0 Å². The van der Waals surface area contributed by atoms with Crippen molar-refractivity contribution in [3.05, 3.63) is 35.2 Å². The average Bonchev–Trinajstić information content (AvgIpc) is 2.63. The summed E-state index contributed by atoms with van der Waals surface area (Å²) < 4.78 is 1.16. The van der Waals surface area contributed by atoms with Crippen LogP contribution in [0.2, 0.25) is 0 Å². The van der Waals surface area contributed by atoms with Crippen molar-refractivity contribution >= 4 is 21.4 Å². The minimum absolute atomic E-state index is 0.108. The molecule has 0 saturated carbocycles. The van der Waals surface area contributed by atoms with Crippen LogP contribution in [0.5, 0.6) is 0 Å². The van der Waals surface area contributed by atoms with Gasteiger partial charge in [0.05, 0.1) is 12.6 Å². The first kappa shape index (κ1) is 9.61. The molecule has 0 radical (unpaired) electrons. The molecule has 4 heteroatoms. The predicted molar refractivity (Wildman–Crippen MR) is 56.6 cm³/mol. The summed E-state index contributed by atoms with van der Waals surface area (Å²) in [6.07, 6.45) is 0. The minimum atomic E-state index is -0.382. The van der Waals surface area contributed by atoms with Gasteiger partial charge in [-0.15, -0.1) is 11.3 Å². The lowest BCUT2D eigenvalue weighted by molar-refractivity contribution is 0.0922. The Morgan fingerprint density at radius 2 is 2.14 bits per heavy atom. The van der Waals surface area contributed by atoms with Crippen LogP contribution in [-0.4, -0.2) is 16.9 Å². The number of hydrogen-bond donors (Lipinski definition) is 3. The largest absolute Gasteiger partial charge is 0.394 e. The molecule has 3 nitrogen and oxygen atoms in total. The van der Waals surface area contributed by atoms with Crippen molar-refractivity contribution in [1.29, 1.82) is 0 Å². The Balaban J connectivity index is 2.43. The number of hydrogen-bond acceptors (Lipinski definition) is 4. The molecule has 1 heterocycles. The van der Waals surface area contributed by atoms with Crippen molar-refractivity contribution in [1.82, 2.24) is 5.48 Å². The lowest BCUT2D eigenvalue weighted by Crippen LogP contribution is -2.19. The maximum absolute atomic E-state index is 8.99. The van der Waals surface area contributed by atoms with E-state index in [1.807, 2.05) is 30.3 Å². The first-order chi connectivity index (χ1) is 6.85. The van der Waals surface area contributed by atoms with Crippen LogP contribution in [0.25, 0.3) is 10.1 Å². The standard InChI is InChI=1S/C10H11NO2S/c12-6-8(11-13)10-5-7-3-1-2-4-9(7)14-10/h1-5,8,11-13H,6H2. The van der Waals surface area contributed by atoms with E-state index in [0.717, 1.165) is 15.0 Å². The Kier molecular flexibility index (Phi) is 2.79. The average molecular weight is 209 g/mol. The van der Waals surface area contributed by atoms with Crippen molar-refractivity contribution in [2.45, 2.75) is 6.04 Å². The number of rotatable bonds is 3. The highest BCUT2D eigenvalue weighted by Crippen LogP contribution is 2.29. The Bertz CT molecular complexity index is 390. The van der Waals surface area contributed by atoms with Crippen LogP contribution in [0.3, 0.4) is 0 Å². The Morgan fingerprint density at radius 1 is 1.36 bits per heavy atom. The van der Waals surface area contributed by atoms with Crippen molar-refractivity contribution in [2.75, 3.05) is 6.61 Å². The number of thiophene rings is 1. The van der Waals surface area contributed by atoms with Gasteiger partial charge in [-0.1, -0.05) is 18.2 Å². The highest BCUT2D eigenvalue weighted by atomic mass is 32.1. The third-order valence-electron chi connectivity index (χ3n) is 2.13. The topological polar surface area (TPSA) is 52.5 Å². The monoisotopic (exact) mass is 209 g/mol. The number of aliphatic hydroxyl groups excluding tert-OH is 1. The van der Waals surface area contributed by atoms with Gasteiger partial charge in [0.15, 0.2) is 0 Å². The second-order valence-corrected chi connectivity index (χ2v) is 4.17. The molecule has 3 N–H and O–H groups in total. The highest BCUT2D eigenvalue weighted by Gasteiger charge is 2.11. The maximum Gasteiger partial charge on any atom is 0.0892 e. The third-order valence-corrected chi connectivity index (χ3v) is 3.36. The number of fused-ring (bicyclic) bond motifs is 1. The smallest absolute Gasteiger partial charge is 0.0892 e. The maximum atomic E-state index is 8.99. The summed E-state index contributed by atoms with van der Waals surface area (Å²) in [7, 11) is 0. The number of nitrogens with one attached hydrogen (secondary N) is 1. The van der Waals surface area contributed by atoms with Gasteiger partial charge >= 0.3 is 0 Å². The Labute approximate surface area is 85.6 Å². The van der Waals surface area contributed by atoms with Crippen molar-refractivity contribution in [3.63, 3.8) is 0 Å². The Morgan fingerprint density at radius 3 is 2.79 bits per heavy atom. The number of aliphatic hydroxyl groups is 1. The third kappa shape index (κ3) is 1.65. The molecule has 0 bridgehead atoms. The summed E-state index contributed by atoms with van der Waals surface area (Å²) in [5.74, 6) is 0. The van der Waals surface area contributed by atoms with Gasteiger partial charge in [0.25, 0.3) is 0 Å². The zero-order chi connectivity index (χ0) is 9.97. The van der Waals surface area contributed by atoms with E-state index in [1.54, 1.807) is 11.3 Å². The fraction of sp³-hybridized carbons (Fsp3) is 0.200. The molecule has 1 aromatic heterocycles. The van der Waals surface area contributed by atoms with Crippen LogP contribution in [0, 0.1) is 0 Å². The van der Waals surface area contributed by atoms with Crippen LogP contribution in [0.4, 0.5) is 0 Å². The van der Waals surface area contributed by atoms with Crippen LogP contribution in [-0.2, 0) is 0 Å².